The van der Waals surface area contributed by atoms with Crippen molar-refractivity contribution in [2.24, 2.45) is 0 Å². The number of amides is 1. The first-order valence-electron chi connectivity index (χ1n) is 10.4. The summed E-state index contributed by atoms with van der Waals surface area (Å²) in [6.45, 7) is 0. The Balaban J connectivity index is 1.32. The molecular formula is C24H28N2O3. The molecule has 1 aliphatic rings. The van der Waals surface area contributed by atoms with E-state index in [-0.39, 0.29) is 12.0 Å². The van der Waals surface area contributed by atoms with Crippen LogP contribution in [0.4, 0.5) is 5.69 Å². The Morgan fingerprint density at radius 2 is 1.97 bits per heavy atom. The third-order valence-electron chi connectivity index (χ3n) is 5.57. The molecule has 2 N–H and O–H groups in total. The lowest BCUT2D eigenvalue weighted by Crippen LogP contribution is -2.14. The van der Waals surface area contributed by atoms with Crippen LogP contribution < -0.4 is 14.8 Å². The van der Waals surface area contributed by atoms with E-state index in [9.17, 15) is 4.79 Å². The van der Waals surface area contributed by atoms with Gasteiger partial charge in [-0.25, -0.2) is 0 Å². The Morgan fingerprint density at radius 3 is 2.79 bits per heavy atom. The van der Waals surface area contributed by atoms with Crippen LogP contribution >= 0.6 is 0 Å². The zero-order valence-corrected chi connectivity index (χ0v) is 16.9. The van der Waals surface area contributed by atoms with E-state index in [4.69, 9.17) is 9.47 Å². The first-order chi connectivity index (χ1) is 14.2. The van der Waals surface area contributed by atoms with E-state index >= 15 is 0 Å². The summed E-state index contributed by atoms with van der Waals surface area (Å²) in [5.41, 5.74) is 3.14. The van der Waals surface area contributed by atoms with E-state index < -0.39 is 0 Å². The number of aryl methyl sites for hydroxylation is 1. The summed E-state index contributed by atoms with van der Waals surface area (Å²) in [6, 6.07) is 13.8. The highest BCUT2D eigenvalue weighted by atomic mass is 16.5. The minimum atomic E-state index is 0.0156. The third-order valence-corrected chi connectivity index (χ3v) is 5.57. The van der Waals surface area contributed by atoms with E-state index in [0.717, 1.165) is 36.9 Å². The van der Waals surface area contributed by atoms with Crippen molar-refractivity contribution >= 4 is 22.5 Å². The van der Waals surface area contributed by atoms with Crippen molar-refractivity contribution in [2.45, 2.75) is 51.0 Å². The Morgan fingerprint density at radius 1 is 1.14 bits per heavy atom. The highest BCUT2D eigenvalue weighted by molar-refractivity contribution is 5.91. The second-order valence-corrected chi connectivity index (χ2v) is 7.65. The number of ether oxygens (including phenoxy) is 2. The molecule has 1 heterocycles. The van der Waals surface area contributed by atoms with Crippen LogP contribution in [0.25, 0.3) is 10.9 Å². The van der Waals surface area contributed by atoms with Gasteiger partial charge in [0.1, 0.15) is 0 Å². The molecule has 152 valence electrons. The number of benzene rings is 2. The monoisotopic (exact) mass is 392 g/mol. The van der Waals surface area contributed by atoms with Gasteiger partial charge < -0.3 is 19.8 Å². The van der Waals surface area contributed by atoms with Gasteiger partial charge in [-0.1, -0.05) is 18.2 Å². The van der Waals surface area contributed by atoms with Crippen LogP contribution in [-0.2, 0) is 11.2 Å². The van der Waals surface area contributed by atoms with Gasteiger partial charge in [-0.05, 0) is 62.3 Å². The number of carbonyl (C=O) groups is 1. The Bertz CT molecular complexity index is 973. The number of para-hydroxylation sites is 1. The summed E-state index contributed by atoms with van der Waals surface area (Å²) < 4.78 is 11.5. The topological polar surface area (TPSA) is 63.3 Å². The van der Waals surface area contributed by atoms with Gasteiger partial charge in [0, 0.05) is 35.3 Å². The van der Waals surface area contributed by atoms with Gasteiger partial charge in [-0.3, -0.25) is 4.79 Å². The maximum Gasteiger partial charge on any atom is 0.224 e. The maximum atomic E-state index is 12.4. The molecule has 0 atom stereocenters. The van der Waals surface area contributed by atoms with Crippen LogP contribution in [0, 0.1) is 0 Å². The molecule has 0 spiro atoms. The Kier molecular flexibility index (Phi) is 6.03. The van der Waals surface area contributed by atoms with E-state index in [2.05, 4.69) is 22.4 Å². The maximum absolute atomic E-state index is 12.4. The van der Waals surface area contributed by atoms with E-state index in [0.29, 0.717) is 17.9 Å². The predicted octanol–water partition coefficient (Wildman–Crippen LogP) is 5.46. The molecule has 1 aromatic heterocycles. The van der Waals surface area contributed by atoms with Gasteiger partial charge in [0.2, 0.25) is 5.91 Å². The van der Waals surface area contributed by atoms with Crippen LogP contribution in [0.15, 0.2) is 48.7 Å². The van der Waals surface area contributed by atoms with Gasteiger partial charge in [0.15, 0.2) is 11.5 Å². The number of carbonyl (C=O) groups excluding carboxylic acids is 1. The summed E-state index contributed by atoms with van der Waals surface area (Å²) in [7, 11) is 1.64. The number of hydrogen-bond donors (Lipinski definition) is 2. The van der Waals surface area contributed by atoms with Crippen LogP contribution in [0.2, 0.25) is 0 Å². The summed E-state index contributed by atoms with van der Waals surface area (Å²) in [4.78, 5) is 15.7. The van der Waals surface area contributed by atoms with Crippen molar-refractivity contribution in [1.82, 2.24) is 4.98 Å². The van der Waals surface area contributed by atoms with Crippen molar-refractivity contribution in [3.63, 3.8) is 0 Å². The lowest BCUT2D eigenvalue weighted by Gasteiger charge is -2.17. The zero-order chi connectivity index (χ0) is 20.1. The van der Waals surface area contributed by atoms with E-state index in [1.807, 2.05) is 36.5 Å². The number of nitrogens with one attached hydrogen (secondary N) is 2. The number of H-pyrrole nitrogens is 1. The first kappa shape index (κ1) is 19.4. The molecule has 1 saturated carbocycles. The fourth-order valence-electron chi connectivity index (χ4n) is 4.03. The molecule has 3 aromatic rings. The SMILES string of the molecule is COc1ccc(NC(=O)CCCc2c[nH]c3ccccc23)cc1OC1CCCC1. The van der Waals surface area contributed by atoms with Crippen LogP contribution in [0.1, 0.15) is 44.1 Å². The summed E-state index contributed by atoms with van der Waals surface area (Å²) in [5, 5.41) is 4.23. The Labute approximate surface area is 171 Å². The number of anilines is 1. The number of methoxy groups -OCH3 is 1. The molecule has 4 rings (SSSR count). The highest BCUT2D eigenvalue weighted by Gasteiger charge is 2.19. The molecule has 5 nitrogen and oxygen atoms in total. The summed E-state index contributed by atoms with van der Waals surface area (Å²) in [6.07, 6.45) is 9.00. The van der Waals surface area contributed by atoms with Crippen molar-refractivity contribution in [1.29, 1.82) is 0 Å². The van der Waals surface area contributed by atoms with E-state index in [1.165, 1.54) is 23.8 Å². The average molecular weight is 392 g/mol. The van der Waals surface area contributed by atoms with Gasteiger partial charge >= 0.3 is 0 Å². The molecule has 2 aromatic carbocycles. The van der Waals surface area contributed by atoms with Crippen LogP contribution in [0.5, 0.6) is 11.5 Å². The molecule has 5 heteroatoms. The first-order valence-corrected chi connectivity index (χ1v) is 10.4. The number of hydrogen-bond acceptors (Lipinski definition) is 3. The van der Waals surface area contributed by atoms with Crippen LogP contribution in [-0.4, -0.2) is 24.1 Å². The minimum absolute atomic E-state index is 0.0156. The van der Waals surface area contributed by atoms with Gasteiger partial charge in [0.05, 0.1) is 13.2 Å². The lowest BCUT2D eigenvalue weighted by atomic mass is 10.1. The fraction of sp³-hybridized carbons (Fsp3) is 0.375. The molecule has 0 aliphatic heterocycles. The van der Waals surface area contributed by atoms with Gasteiger partial charge in [-0.2, -0.15) is 0 Å². The highest BCUT2D eigenvalue weighted by Crippen LogP contribution is 2.34. The predicted molar refractivity (Wildman–Crippen MR) is 116 cm³/mol. The smallest absolute Gasteiger partial charge is 0.224 e. The number of rotatable bonds is 8. The molecule has 0 unspecified atom stereocenters. The van der Waals surface area contributed by atoms with Crippen molar-refractivity contribution in [3.05, 3.63) is 54.2 Å². The number of fused-ring (bicyclic) bond motifs is 1. The number of aromatic amines is 1. The normalized spacial score (nSPS) is 14.2. The van der Waals surface area contributed by atoms with Gasteiger partial charge in [0.25, 0.3) is 0 Å². The summed E-state index contributed by atoms with van der Waals surface area (Å²) in [5.74, 6) is 1.42. The number of aromatic nitrogens is 1. The molecule has 1 aliphatic carbocycles. The Hall–Kier alpha value is -2.95. The molecule has 1 amide bonds. The fourth-order valence-corrected chi connectivity index (χ4v) is 4.03. The average Bonchev–Trinajstić information content (AvgIpc) is 3.38. The summed E-state index contributed by atoms with van der Waals surface area (Å²) >= 11 is 0. The second-order valence-electron chi connectivity index (χ2n) is 7.65. The molecule has 29 heavy (non-hydrogen) atoms. The van der Waals surface area contributed by atoms with E-state index in [1.54, 1.807) is 7.11 Å². The molecule has 0 radical (unpaired) electrons. The molecule has 1 fully saturated rings. The molecule has 0 saturated heterocycles. The molecule has 0 bridgehead atoms. The quantitative estimate of drug-likeness (QED) is 0.535. The molecular weight excluding hydrogens is 364 g/mol. The minimum Gasteiger partial charge on any atom is -0.493 e. The van der Waals surface area contributed by atoms with Gasteiger partial charge in [-0.15, -0.1) is 0 Å². The zero-order valence-electron chi connectivity index (χ0n) is 16.9. The van der Waals surface area contributed by atoms with Crippen molar-refractivity contribution in [3.8, 4) is 11.5 Å². The van der Waals surface area contributed by atoms with Crippen LogP contribution in [0.3, 0.4) is 0 Å². The third kappa shape index (κ3) is 4.73. The van der Waals surface area contributed by atoms with Crippen molar-refractivity contribution in [2.75, 3.05) is 12.4 Å². The standard InChI is InChI=1S/C24H28N2O3/c1-28-22-14-13-18(15-23(22)29-19-8-2-3-9-19)26-24(27)12-6-7-17-16-25-21-11-5-4-10-20(17)21/h4-5,10-11,13-16,19,25H,2-3,6-9,12H2,1H3,(H,26,27). The second kappa shape index (κ2) is 9.03. The van der Waals surface area contributed by atoms with Crippen molar-refractivity contribution < 1.29 is 14.3 Å². The largest absolute Gasteiger partial charge is 0.493 e. The lowest BCUT2D eigenvalue weighted by molar-refractivity contribution is -0.116.